The summed E-state index contributed by atoms with van der Waals surface area (Å²) in [6.45, 7) is 8.04. The van der Waals surface area contributed by atoms with Crippen molar-refractivity contribution in [2.45, 2.75) is 52.3 Å². The molecule has 5 rings (SSSR count). The van der Waals surface area contributed by atoms with Gasteiger partial charge in [0.15, 0.2) is 11.0 Å². The molecule has 1 saturated heterocycles. The van der Waals surface area contributed by atoms with Crippen LogP contribution in [0.1, 0.15) is 55.1 Å². The molecule has 1 atom stereocenters. The highest BCUT2D eigenvalue weighted by Crippen LogP contribution is 2.34. The summed E-state index contributed by atoms with van der Waals surface area (Å²) < 4.78 is 42.7. The highest BCUT2D eigenvalue weighted by molar-refractivity contribution is 8.15. The fourth-order valence-electron chi connectivity index (χ4n) is 4.85. The van der Waals surface area contributed by atoms with Crippen molar-refractivity contribution >= 4 is 40.2 Å². The van der Waals surface area contributed by atoms with E-state index in [1.807, 2.05) is 44.2 Å². The van der Waals surface area contributed by atoms with Gasteiger partial charge in [-0.1, -0.05) is 56.8 Å². The number of carbonyl (C=O) groups is 2. The molecule has 0 aliphatic carbocycles. The van der Waals surface area contributed by atoms with Gasteiger partial charge in [0.1, 0.15) is 12.1 Å². The zero-order valence-electron chi connectivity index (χ0n) is 25.0. The van der Waals surface area contributed by atoms with E-state index in [1.54, 1.807) is 12.1 Å². The van der Waals surface area contributed by atoms with Gasteiger partial charge in [-0.05, 0) is 78.4 Å². The number of nitrogens with one attached hydrogen (secondary N) is 1. The van der Waals surface area contributed by atoms with Crippen LogP contribution in [0.3, 0.4) is 0 Å². The first kappa shape index (κ1) is 31.8. The zero-order valence-corrected chi connectivity index (χ0v) is 25.8. The molecular weight excluding hydrogens is 605 g/mol. The number of thioether (sulfide) groups is 1. The second kappa shape index (κ2) is 13.1. The average Bonchev–Trinajstić information content (AvgIpc) is 3.60. The van der Waals surface area contributed by atoms with Crippen molar-refractivity contribution in [3.05, 3.63) is 95.6 Å². The molecule has 234 valence electrons. The molecule has 1 N–H and O–H groups in total. The summed E-state index contributed by atoms with van der Waals surface area (Å²) in [6.07, 6.45) is -2.64. The maximum Gasteiger partial charge on any atom is 0.573 e. The number of ether oxygens (including phenoxy) is 1. The minimum absolute atomic E-state index is 0.0637. The van der Waals surface area contributed by atoms with Gasteiger partial charge in [-0.2, -0.15) is 10.1 Å². The van der Waals surface area contributed by atoms with Gasteiger partial charge in [-0.25, -0.2) is 14.5 Å². The van der Waals surface area contributed by atoms with Crippen molar-refractivity contribution in [2.24, 2.45) is 4.99 Å². The molecule has 1 aliphatic heterocycles. The van der Waals surface area contributed by atoms with E-state index >= 15 is 0 Å². The lowest BCUT2D eigenvalue weighted by atomic mass is 9.99. The zero-order chi connectivity index (χ0) is 32.3. The van der Waals surface area contributed by atoms with Crippen LogP contribution in [0.5, 0.6) is 5.75 Å². The number of aryl methyl sites for hydroxylation is 1. The molecule has 1 unspecified atom stereocenters. The Morgan fingerprint density at radius 2 is 1.78 bits per heavy atom. The number of urea groups is 1. The first-order chi connectivity index (χ1) is 21.4. The lowest BCUT2D eigenvalue weighted by Crippen LogP contribution is -2.31. The number of rotatable bonds is 8. The third-order valence-corrected chi connectivity index (χ3v) is 7.97. The van der Waals surface area contributed by atoms with Gasteiger partial charge in [0.2, 0.25) is 5.91 Å². The van der Waals surface area contributed by atoms with Crippen LogP contribution in [0.4, 0.5) is 29.3 Å². The topological polar surface area (TPSA) is 102 Å². The number of hydrogen-bond acceptors (Lipinski definition) is 6. The lowest BCUT2D eigenvalue weighted by molar-refractivity contribution is -0.274. The summed E-state index contributed by atoms with van der Waals surface area (Å²) >= 11 is 1.23. The van der Waals surface area contributed by atoms with Crippen LogP contribution in [0.2, 0.25) is 0 Å². The van der Waals surface area contributed by atoms with Crippen LogP contribution >= 0.6 is 11.8 Å². The maximum atomic E-state index is 12.9. The van der Waals surface area contributed by atoms with Crippen molar-refractivity contribution in [1.29, 1.82) is 0 Å². The van der Waals surface area contributed by atoms with E-state index in [0.717, 1.165) is 22.4 Å². The Morgan fingerprint density at radius 1 is 1.07 bits per heavy atom. The van der Waals surface area contributed by atoms with Gasteiger partial charge >= 0.3 is 12.4 Å². The van der Waals surface area contributed by atoms with Crippen LogP contribution in [0.25, 0.3) is 5.69 Å². The van der Waals surface area contributed by atoms with E-state index in [0.29, 0.717) is 28.8 Å². The predicted octanol–water partition coefficient (Wildman–Crippen LogP) is 7.61. The molecule has 0 spiro atoms. The van der Waals surface area contributed by atoms with E-state index in [1.165, 1.54) is 51.9 Å². The molecule has 45 heavy (non-hydrogen) atoms. The molecule has 13 heteroatoms. The van der Waals surface area contributed by atoms with Crippen LogP contribution in [0.15, 0.2) is 78.0 Å². The summed E-state index contributed by atoms with van der Waals surface area (Å²) in [5.74, 6) is 0.465. The third kappa shape index (κ3) is 7.90. The maximum absolute atomic E-state index is 12.9. The molecule has 4 aromatic rings. The highest BCUT2D eigenvalue weighted by atomic mass is 32.2. The number of hydrogen-bond donors (Lipinski definition) is 1. The Kier molecular flexibility index (Phi) is 9.28. The van der Waals surface area contributed by atoms with Crippen LogP contribution in [-0.2, 0) is 11.2 Å². The van der Waals surface area contributed by atoms with E-state index in [-0.39, 0.29) is 29.2 Å². The molecule has 1 aromatic heterocycles. The van der Waals surface area contributed by atoms with Gasteiger partial charge in [0.25, 0.3) is 0 Å². The average molecular weight is 637 g/mol. The van der Waals surface area contributed by atoms with E-state index in [4.69, 9.17) is 0 Å². The number of halogens is 3. The summed E-state index contributed by atoms with van der Waals surface area (Å²) in [5.41, 5.74) is 4.85. The van der Waals surface area contributed by atoms with Gasteiger partial charge < -0.3 is 10.1 Å². The van der Waals surface area contributed by atoms with Crippen molar-refractivity contribution in [1.82, 2.24) is 14.8 Å². The molecule has 0 bridgehead atoms. The van der Waals surface area contributed by atoms with Gasteiger partial charge in [-0.15, -0.1) is 13.2 Å². The Morgan fingerprint density at radius 3 is 2.44 bits per heavy atom. The fourth-order valence-corrected chi connectivity index (χ4v) is 5.71. The molecule has 0 radical (unpaired) electrons. The number of anilines is 2. The smallest absolute Gasteiger partial charge is 0.406 e. The number of aliphatic imine (C=N–C) groups is 1. The number of alkyl halides is 3. The molecule has 1 fully saturated rings. The minimum atomic E-state index is -4.76. The lowest BCUT2D eigenvalue weighted by Gasteiger charge is -2.22. The highest BCUT2D eigenvalue weighted by Gasteiger charge is 2.33. The second-order valence-corrected chi connectivity index (χ2v) is 11.9. The molecule has 1 aliphatic rings. The van der Waals surface area contributed by atoms with Crippen molar-refractivity contribution in [3.8, 4) is 11.4 Å². The number of amidine groups is 1. The Balaban J connectivity index is 1.21. The number of benzene rings is 3. The monoisotopic (exact) mass is 636 g/mol. The number of nitrogens with zero attached hydrogens (tertiary/aromatic N) is 5. The molecule has 2 heterocycles. The van der Waals surface area contributed by atoms with Gasteiger partial charge in [0, 0.05) is 11.6 Å². The van der Waals surface area contributed by atoms with Crippen molar-refractivity contribution in [3.63, 3.8) is 0 Å². The predicted molar refractivity (Wildman–Crippen MR) is 168 cm³/mol. The van der Waals surface area contributed by atoms with Crippen LogP contribution in [-0.4, -0.2) is 44.0 Å². The fraction of sp³-hybridized carbons (Fsp3) is 0.281. The molecule has 9 nitrogen and oxygen atoms in total. The summed E-state index contributed by atoms with van der Waals surface area (Å²) in [6, 6.07) is 18.1. The van der Waals surface area contributed by atoms with Gasteiger partial charge in [-0.3, -0.25) is 9.69 Å². The van der Waals surface area contributed by atoms with Crippen LogP contribution < -0.4 is 15.0 Å². The third-order valence-electron chi connectivity index (χ3n) is 7.04. The largest absolute Gasteiger partial charge is 0.573 e. The first-order valence-corrected chi connectivity index (χ1v) is 15.2. The Labute approximate surface area is 262 Å². The standard InChI is InChI=1S/C32H31F3N6O3S/c1-19(2)26-14-5-20(3)15-27(26)41-28(42)17-45-31(41)38-30(43)37-23-8-6-22(7-9-23)16-21(4)29-36-18-40(39-29)24-10-12-25(13-11-24)44-32(33,34)35/h5-15,18-19,21H,16-17H2,1-4H3,(H,37,43). The van der Waals surface area contributed by atoms with Crippen molar-refractivity contribution in [2.75, 3.05) is 16.0 Å². The van der Waals surface area contributed by atoms with E-state index in [2.05, 4.69) is 39.0 Å². The molecule has 3 amide bonds. The van der Waals surface area contributed by atoms with Crippen molar-refractivity contribution < 1.29 is 27.5 Å². The second-order valence-electron chi connectivity index (χ2n) is 11.0. The van der Waals surface area contributed by atoms with Gasteiger partial charge in [0.05, 0.1) is 17.1 Å². The molecular formula is C32H31F3N6O3S. The number of carbonyl (C=O) groups excluding carboxylic acids is 2. The number of amides is 3. The van der Waals surface area contributed by atoms with E-state index in [9.17, 15) is 22.8 Å². The summed E-state index contributed by atoms with van der Waals surface area (Å²) in [4.78, 5) is 35.8. The molecule has 0 saturated carbocycles. The minimum Gasteiger partial charge on any atom is -0.406 e. The quantitative estimate of drug-likeness (QED) is 0.214. The summed E-state index contributed by atoms with van der Waals surface area (Å²) in [5, 5.41) is 7.60. The normalized spacial score (nSPS) is 15.2. The number of aromatic nitrogens is 3. The Bertz CT molecular complexity index is 1720. The van der Waals surface area contributed by atoms with E-state index < -0.39 is 12.4 Å². The molecule has 3 aromatic carbocycles. The van der Waals surface area contributed by atoms with Crippen LogP contribution in [0, 0.1) is 6.92 Å². The summed E-state index contributed by atoms with van der Waals surface area (Å²) in [7, 11) is 0. The Hall–Kier alpha value is -4.65. The first-order valence-electron chi connectivity index (χ1n) is 14.2. The SMILES string of the molecule is Cc1ccc(C(C)C)c(N2C(=O)CSC2=NC(=O)Nc2ccc(CC(C)c3ncn(-c4ccc(OC(F)(F)F)cc4)n3)cc2)c1.